The molecule has 4 rings (SSSR count). The number of nitrogens with one attached hydrogen (secondary N) is 1. The number of carbonyl (C=O) groups excluding carboxylic acids is 1. The van der Waals surface area contributed by atoms with Gasteiger partial charge in [0.1, 0.15) is 5.82 Å². The lowest BCUT2D eigenvalue weighted by molar-refractivity contribution is -0.113. The smallest absolute Gasteiger partial charge is 0.236 e. The van der Waals surface area contributed by atoms with E-state index in [2.05, 4.69) is 31.6 Å². The van der Waals surface area contributed by atoms with Gasteiger partial charge in [0.25, 0.3) is 0 Å². The minimum absolute atomic E-state index is 0.0866. The number of thioether (sulfide) groups is 1. The molecule has 0 radical (unpaired) electrons. The van der Waals surface area contributed by atoms with E-state index in [-0.39, 0.29) is 11.7 Å². The second-order valence-electron chi connectivity index (χ2n) is 6.90. The van der Waals surface area contributed by atoms with Crippen LogP contribution in [0.3, 0.4) is 0 Å². The van der Waals surface area contributed by atoms with Crippen LogP contribution in [0.15, 0.2) is 42.1 Å². The van der Waals surface area contributed by atoms with Crippen LogP contribution in [0.2, 0.25) is 0 Å². The SMILES string of the molecule is C=CCn1c(SCC(=O)Nc2nc3ccccc3s2)nnc1C1CCCCC1. The minimum atomic E-state index is -0.0866. The average Bonchev–Trinajstić information content (AvgIpc) is 3.30. The van der Waals surface area contributed by atoms with Crippen molar-refractivity contribution in [3.63, 3.8) is 0 Å². The molecule has 146 valence electrons. The third-order valence-electron chi connectivity index (χ3n) is 4.90. The fourth-order valence-corrected chi connectivity index (χ4v) is 5.22. The highest BCUT2D eigenvalue weighted by Gasteiger charge is 2.23. The molecule has 1 aromatic carbocycles. The Morgan fingerprint density at radius 3 is 2.89 bits per heavy atom. The lowest BCUT2D eigenvalue weighted by Crippen LogP contribution is -2.15. The van der Waals surface area contributed by atoms with E-state index in [1.54, 1.807) is 0 Å². The predicted octanol–water partition coefficient (Wildman–Crippen LogP) is 4.85. The van der Waals surface area contributed by atoms with Crippen molar-refractivity contribution >= 4 is 44.4 Å². The van der Waals surface area contributed by atoms with Gasteiger partial charge < -0.3 is 9.88 Å². The van der Waals surface area contributed by atoms with Crippen molar-refractivity contribution < 1.29 is 4.79 Å². The summed E-state index contributed by atoms with van der Waals surface area (Å²) in [5.74, 6) is 1.69. The third kappa shape index (κ3) is 4.28. The van der Waals surface area contributed by atoms with Gasteiger partial charge in [-0.2, -0.15) is 0 Å². The Hall–Kier alpha value is -2.19. The standard InChI is InChI=1S/C20H23N5OS2/c1-2-12-25-18(14-8-4-3-5-9-14)23-24-20(25)27-13-17(26)22-19-21-15-10-6-7-11-16(15)28-19/h2,6-7,10-11,14H,1,3-5,8-9,12-13H2,(H,21,22,26). The number of rotatable bonds is 7. The Kier molecular flexibility index (Phi) is 6.07. The first-order valence-corrected chi connectivity index (χ1v) is 11.4. The van der Waals surface area contributed by atoms with E-state index in [0.717, 1.165) is 34.0 Å². The van der Waals surface area contributed by atoms with Gasteiger partial charge in [-0.05, 0) is 25.0 Å². The summed E-state index contributed by atoms with van der Waals surface area (Å²) in [6.07, 6.45) is 7.99. The van der Waals surface area contributed by atoms with Crippen LogP contribution in [0.5, 0.6) is 0 Å². The van der Waals surface area contributed by atoms with E-state index in [9.17, 15) is 4.79 Å². The third-order valence-corrected chi connectivity index (χ3v) is 6.82. The molecule has 0 bridgehead atoms. The van der Waals surface area contributed by atoms with Gasteiger partial charge in [0.15, 0.2) is 10.3 Å². The summed E-state index contributed by atoms with van der Waals surface area (Å²) in [6, 6.07) is 7.86. The highest BCUT2D eigenvalue weighted by Crippen LogP contribution is 2.33. The molecule has 3 aromatic rings. The molecule has 0 aliphatic heterocycles. The summed E-state index contributed by atoms with van der Waals surface area (Å²) in [5, 5.41) is 13.1. The van der Waals surface area contributed by atoms with Gasteiger partial charge in [-0.3, -0.25) is 4.79 Å². The molecule has 6 nitrogen and oxygen atoms in total. The van der Waals surface area contributed by atoms with Crippen molar-refractivity contribution in [1.29, 1.82) is 0 Å². The number of thiazole rings is 1. The number of hydrogen-bond acceptors (Lipinski definition) is 6. The summed E-state index contributed by atoms with van der Waals surface area (Å²) in [5.41, 5.74) is 0.901. The van der Waals surface area contributed by atoms with Crippen LogP contribution in [-0.2, 0) is 11.3 Å². The second-order valence-corrected chi connectivity index (χ2v) is 8.87. The molecule has 2 heterocycles. The zero-order chi connectivity index (χ0) is 19.3. The van der Waals surface area contributed by atoms with Crippen LogP contribution in [0.25, 0.3) is 10.2 Å². The fourth-order valence-electron chi connectivity index (χ4n) is 3.58. The molecule has 1 fully saturated rings. The number of para-hydroxylation sites is 1. The van der Waals surface area contributed by atoms with E-state index in [4.69, 9.17) is 0 Å². The first kappa shape index (κ1) is 19.1. The van der Waals surface area contributed by atoms with E-state index >= 15 is 0 Å². The molecule has 1 aliphatic rings. The molecule has 1 N–H and O–H groups in total. The highest BCUT2D eigenvalue weighted by atomic mass is 32.2. The van der Waals surface area contributed by atoms with Crippen LogP contribution in [0.1, 0.15) is 43.8 Å². The number of allylic oxidation sites excluding steroid dienone is 1. The summed E-state index contributed by atoms with van der Waals surface area (Å²) in [4.78, 5) is 16.8. The Morgan fingerprint density at radius 1 is 1.29 bits per heavy atom. The minimum Gasteiger partial charge on any atom is -0.302 e. The van der Waals surface area contributed by atoms with Crippen molar-refractivity contribution in [2.75, 3.05) is 11.1 Å². The zero-order valence-corrected chi connectivity index (χ0v) is 17.3. The van der Waals surface area contributed by atoms with Crippen LogP contribution in [0.4, 0.5) is 5.13 Å². The molecule has 2 aromatic heterocycles. The molecule has 8 heteroatoms. The van der Waals surface area contributed by atoms with E-state index < -0.39 is 0 Å². The van der Waals surface area contributed by atoms with Gasteiger partial charge in [0, 0.05) is 12.5 Å². The molecule has 1 amide bonds. The maximum atomic E-state index is 12.4. The van der Waals surface area contributed by atoms with Crippen LogP contribution < -0.4 is 5.32 Å². The normalized spacial score (nSPS) is 15.0. The maximum absolute atomic E-state index is 12.4. The van der Waals surface area contributed by atoms with Gasteiger partial charge in [0.05, 0.1) is 16.0 Å². The molecule has 1 saturated carbocycles. The lowest BCUT2D eigenvalue weighted by atomic mass is 9.89. The Balaban J connectivity index is 1.41. The van der Waals surface area contributed by atoms with E-state index in [0.29, 0.717) is 17.6 Å². The van der Waals surface area contributed by atoms with Crippen molar-refractivity contribution in [1.82, 2.24) is 19.7 Å². The monoisotopic (exact) mass is 413 g/mol. The zero-order valence-electron chi connectivity index (χ0n) is 15.6. The van der Waals surface area contributed by atoms with Crippen molar-refractivity contribution in [2.24, 2.45) is 0 Å². The summed E-state index contributed by atoms with van der Waals surface area (Å²) in [7, 11) is 0. The lowest BCUT2D eigenvalue weighted by Gasteiger charge is -2.21. The Morgan fingerprint density at radius 2 is 2.11 bits per heavy atom. The number of anilines is 1. The van der Waals surface area contributed by atoms with Crippen molar-refractivity contribution in [2.45, 2.75) is 49.7 Å². The molecule has 1 aliphatic carbocycles. The number of nitrogens with zero attached hydrogens (tertiary/aromatic N) is 4. The topological polar surface area (TPSA) is 72.7 Å². The number of amides is 1. The molecular formula is C20H23N5OS2. The fraction of sp³-hybridized carbons (Fsp3) is 0.400. The average molecular weight is 414 g/mol. The highest BCUT2D eigenvalue weighted by molar-refractivity contribution is 7.99. The first-order valence-electron chi connectivity index (χ1n) is 9.57. The summed E-state index contributed by atoms with van der Waals surface area (Å²) in [6.45, 7) is 4.53. The molecular weight excluding hydrogens is 390 g/mol. The maximum Gasteiger partial charge on any atom is 0.236 e. The molecule has 0 saturated heterocycles. The largest absolute Gasteiger partial charge is 0.302 e. The first-order chi connectivity index (χ1) is 13.7. The number of fused-ring (bicyclic) bond motifs is 1. The molecule has 0 atom stereocenters. The second kappa shape index (κ2) is 8.87. The van der Waals surface area contributed by atoms with Gasteiger partial charge in [-0.15, -0.1) is 16.8 Å². The number of aromatic nitrogens is 4. The van der Waals surface area contributed by atoms with Crippen molar-refractivity contribution in [3.8, 4) is 0 Å². The summed E-state index contributed by atoms with van der Waals surface area (Å²) >= 11 is 2.90. The van der Waals surface area contributed by atoms with Gasteiger partial charge in [-0.25, -0.2) is 4.98 Å². The predicted molar refractivity (Wildman–Crippen MR) is 115 cm³/mol. The molecule has 28 heavy (non-hydrogen) atoms. The van der Waals surface area contributed by atoms with E-state index in [1.165, 1.54) is 42.4 Å². The quantitative estimate of drug-likeness (QED) is 0.443. The number of benzene rings is 1. The van der Waals surface area contributed by atoms with Gasteiger partial charge in [-0.1, -0.05) is 60.6 Å². The summed E-state index contributed by atoms with van der Waals surface area (Å²) < 4.78 is 3.17. The van der Waals surface area contributed by atoms with Crippen LogP contribution in [0, 0.1) is 0 Å². The van der Waals surface area contributed by atoms with Crippen LogP contribution >= 0.6 is 23.1 Å². The molecule has 0 spiro atoms. The van der Waals surface area contributed by atoms with Gasteiger partial charge >= 0.3 is 0 Å². The Labute approximate surface area is 172 Å². The van der Waals surface area contributed by atoms with Crippen LogP contribution in [-0.4, -0.2) is 31.4 Å². The van der Waals surface area contributed by atoms with Crippen molar-refractivity contribution in [3.05, 3.63) is 42.7 Å². The Bertz CT molecular complexity index is 941. The van der Waals surface area contributed by atoms with E-state index in [1.807, 2.05) is 30.3 Å². The molecule has 0 unspecified atom stereocenters. The van der Waals surface area contributed by atoms with Gasteiger partial charge in [0.2, 0.25) is 5.91 Å². The number of carbonyl (C=O) groups is 1. The number of hydrogen-bond donors (Lipinski definition) is 1.